The van der Waals surface area contributed by atoms with Crippen molar-refractivity contribution < 1.29 is 19.2 Å². The fraction of sp³-hybridized carbons (Fsp3) is 0. The van der Waals surface area contributed by atoms with Crippen molar-refractivity contribution in [3.05, 3.63) is 72.8 Å². The zero-order valence-corrected chi connectivity index (χ0v) is 19.0. The first-order valence-electron chi connectivity index (χ1n) is 9.50. The maximum atomic E-state index is 11.8. The Morgan fingerprint density at radius 2 is 1.03 bits per heavy atom. The fourth-order valence-corrected chi connectivity index (χ4v) is 5.82. The molecule has 0 unspecified atom stereocenters. The van der Waals surface area contributed by atoms with Crippen LogP contribution in [0.1, 0.15) is 0 Å². The zero-order chi connectivity index (χ0) is 22.9. The van der Waals surface area contributed by atoms with Crippen LogP contribution in [0, 0.1) is 0 Å². The number of carbonyl (C=O) groups is 4. The Hall–Kier alpha value is -3.54. The molecule has 0 saturated carbocycles. The molecule has 0 saturated heterocycles. The molecule has 162 valence electrons. The minimum absolute atomic E-state index is 0.355. The molecule has 8 nitrogen and oxygen atoms in total. The molecular weight excluding hydrogens is 480 g/mol. The van der Waals surface area contributed by atoms with E-state index in [0.29, 0.717) is 11.4 Å². The molecule has 0 N–H and O–H groups in total. The van der Waals surface area contributed by atoms with Gasteiger partial charge in [0.05, 0.1) is 11.4 Å². The quantitative estimate of drug-likeness (QED) is 0.480. The van der Waals surface area contributed by atoms with Crippen LogP contribution in [0.3, 0.4) is 0 Å². The molecule has 2 aliphatic heterocycles. The number of carbonyl (C=O) groups excluding carboxylic acids is 4. The third kappa shape index (κ3) is 4.25. The van der Waals surface area contributed by atoms with Crippen molar-refractivity contribution in [1.29, 1.82) is 0 Å². The van der Waals surface area contributed by atoms with E-state index >= 15 is 0 Å². The van der Waals surface area contributed by atoms with Crippen molar-refractivity contribution in [3.8, 4) is 0 Å². The lowest BCUT2D eigenvalue weighted by Gasteiger charge is -2.14. The second-order valence-electron chi connectivity index (χ2n) is 6.75. The Morgan fingerprint density at radius 1 is 0.606 bits per heavy atom. The molecule has 33 heavy (non-hydrogen) atoms. The van der Waals surface area contributed by atoms with Crippen LogP contribution in [0.4, 0.5) is 11.4 Å². The molecule has 0 atom stereocenters. The molecule has 2 aromatic carbocycles. The lowest BCUT2D eigenvalue weighted by molar-refractivity contribution is -0.121. The number of hydrogen-bond donors (Lipinski definition) is 0. The smallest absolute Gasteiger partial charge is 0.258 e. The largest absolute Gasteiger partial charge is 0.269 e. The number of nitrogens with zero attached hydrogens (tertiary/aromatic N) is 4. The first-order chi connectivity index (χ1) is 16.0. The van der Waals surface area contributed by atoms with Crippen molar-refractivity contribution in [2.24, 2.45) is 0 Å². The Bertz CT molecular complexity index is 1210. The monoisotopic (exact) mass is 492 g/mol. The average molecular weight is 493 g/mol. The van der Waals surface area contributed by atoms with Crippen LogP contribution in [-0.2, 0) is 19.2 Å². The first-order valence-corrected chi connectivity index (χ1v) is 11.9. The van der Waals surface area contributed by atoms with Crippen LogP contribution in [0.25, 0.3) is 0 Å². The van der Waals surface area contributed by atoms with E-state index in [2.05, 4.69) is 9.59 Å². The van der Waals surface area contributed by atoms with E-state index in [1.165, 1.54) is 59.4 Å². The van der Waals surface area contributed by atoms with Crippen molar-refractivity contribution in [3.63, 3.8) is 0 Å². The van der Waals surface area contributed by atoms with Gasteiger partial charge in [0.25, 0.3) is 23.6 Å². The molecule has 3 aromatic rings. The van der Waals surface area contributed by atoms with Crippen molar-refractivity contribution in [2.45, 2.75) is 19.0 Å². The Balaban J connectivity index is 1.27. The normalized spacial score (nSPS) is 15.4. The molecule has 0 aliphatic carbocycles. The van der Waals surface area contributed by atoms with Crippen molar-refractivity contribution in [2.75, 3.05) is 9.80 Å². The summed E-state index contributed by atoms with van der Waals surface area (Å²) in [7, 11) is 0. The van der Waals surface area contributed by atoms with E-state index in [1.807, 2.05) is 24.3 Å². The minimum Gasteiger partial charge on any atom is -0.269 e. The van der Waals surface area contributed by atoms with Gasteiger partial charge in [-0.2, -0.15) is 0 Å². The molecule has 0 fully saturated rings. The predicted octanol–water partition coefficient (Wildman–Crippen LogP) is 3.70. The Labute approximate surface area is 200 Å². The van der Waals surface area contributed by atoms with Gasteiger partial charge in [-0.25, -0.2) is 9.80 Å². The summed E-state index contributed by atoms with van der Waals surface area (Å²) < 4.78 is 4.94. The highest BCUT2D eigenvalue weighted by Gasteiger charge is 2.26. The number of amides is 4. The van der Waals surface area contributed by atoms with Crippen molar-refractivity contribution in [1.82, 2.24) is 9.59 Å². The van der Waals surface area contributed by atoms with Gasteiger partial charge in [0, 0.05) is 34.1 Å². The van der Waals surface area contributed by atoms with Gasteiger partial charge in [0.15, 0.2) is 5.03 Å². The number of rotatable bonds is 6. The van der Waals surface area contributed by atoms with E-state index in [0.717, 1.165) is 28.8 Å². The van der Waals surface area contributed by atoms with E-state index in [-0.39, 0.29) is 23.6 Å². The van der Waals surface area contributed by atoms with Gasteiger partial charge in [0.2, 0.25) is 0 Å². The van der Waals surface area contributed by atoms with Gasteiger partial charge in [-0.3, -0.25) is 19.2 Å². The first kappa shape index (κ1) is 21.3. The fourth-order valence-electron chi connectivity index (χ4n) is 3.15. The maximum Gasteiger partial charge on any atom is 0.258 e. The maximum absolute atomic E-state index is 11.8. The van der Waals surface area contributed by atoms with Gasteiger partial charge in [-0.15, -0.1) is 5.10 Å². The minimum atomic E-state index is -0.358. The van der Waals surface area contributed by atoms with Crippen LogP contribution in [0.15, 0.2) is 91.9 Å². The lowest BCUT2D eigenvalue weighted by atomic mass is 10.3. The molecule has 0 radical (unpaired) electrons. The molecule has 1 aromatic heterocycles. The zero-order valence-electron chi connectivity index (χ0n) is 16.6. The standard InChI is InChI=1S/C22H12N4O4S3/c27-17-9-10-18(28)25(17)13-1-5-15(6-2-13)31-21-22(33-24-23-21)32-16-7-3-14(4-8-16)26-19(29)11-12-20(26)30/h1-12H. The van der Waals surface area contributed by atoms with Gasteiger partial charge in [0.1, 0.15) is 4.21 Å². The third-order valence-corrected chi connectivity index (χ3v) is 7.79. The van der Waals surface area contributed by atoms with Crippen LogP contribution in [0.5, 0.6) is 0 Å². The summed E-state index contributed by atoms with van der Waals surface area (Å²) in [4.78, 5) is 51.3. The molecule has 0 bridgehead atoms. The van der Waals surface area contributed by atoms with E-state index in [9.17, 15) is 19.2 Å². The van der Waals surface area contributed by atoms with Crippen LogP contribution >= 0.6 is 35.1 Å². The van der Waals surface area contributed by atoms with Gasteiger partial charge in [-0.1, -0.05) is 28.0 Å². The number of anilines is 2. The summed E-state index contributed by atoms with van der Waals surface area (Å²) in [5, 5.41) is 4.94. The second kappa shape index (κ2) is 8.77. The molecule has 5 rings (SSSR count). The second-order valence-corrected chi connectivity index (χ2v) is 9.91. The highest BCUT2D eigenvalue weighted by molar-refractivity contribution is 8.03. The average Bonchev–Trinajstić information content (AvgIpc) is 3.49. The highest BCUT2D eigenvalue weighted by atomic mass is 32.2. The predicted molar refractivity (Wildman–Crippen MR) is 124 cm³/mol. The SMILES string of the molecule is O=C1C=CC(=O)N1c1ccc(Sc2nnsc2Sc2ccc(N3C(=O)C=CC3=O)cc2)cc1. The van der Waals surface area contributed by atoms with E-state index in [1.54, 1.807) is 24.3 Å². The molecule has 11 heteroatoms. The number of aromatic nitrogens is 2. The third-order valence-electron chi connectivity index (χ3n) is 4.66. The molecule has 4 amide bonds. The number of benzene rings is 2. The molecular formula is C22H12N4O4S3. The number of hydrogen-bond acceptors (Lipinski definition) is 9. The summed E-state index contributed by atoms with van der Waals surface area (Å²) >= 11 is 4.17. The lowest BCUT2D eigenvalue weighted by Crippen LogP contribution is -2.29. The molecule has 0 spiro atoms. The summed E-state index contributed by atoms with van der Waals surface area (Å²) in [6.45, 7) is 0. The van der Waals surface area contributed by atoms with Gasteiger partial charge >= 0.3 is 0 Å². The molecule has 3 heterocycles. The van der Waals surface area contributed by atoms with Crippen LogP contribution in [-0.4, -0.2) is 33.2 Å². The topological polar surface area (TPSA) is 101 Å². The van der Waals surface area contributed by atoms with Gasteiger partial charge < -0.3 is 0 Å². The van der Waals surface area contributed by atoms with E-state index in [4.69, 9.17) is 0 Å². The summed E-state index contributed by atoms with van der Waals surface area (Å²) in [5.74, 6) is -1.43. The summed E-state index contributed by atoms with van der Waals surface area (Å²) in [6.07, 6.45) is 5.00. The summed E-state index contributed by atoms with van der Waals surface area (Å²) in [5.41, 5.74) is 1.03. The summed E-state index contributed by atoms with van der Waals surface area (Å²) in [6, 6.07) is 14.2. The number of imide groups is 2. The van der Waals surface area contributed by atoms with Crippen molar-refractivity contribution >= 4 is 70.1 Å². The Morgan fingerprint density at radius 3 is 1.48 bits per heavy atom. The van der Waals surface area contributed by atoms with Crippen LogP contribution < -0.4 is 9.80 Å². The van der Waals surface area contributed by atoms with Gasteiger partial charge in [-0.05, 0) is 60.1 Å². The Kier molecular flexibility index (Phi) is 5.67. The highest BCUT2D eigenvalue weighted by Crippen LogP contribution is 2.40. The van der Waals surface area contributed by atoms with E-state index < -0.39 is 0 Å². The van der Waals surface area contributed by atoms with Crippen LogP contribution in [0.2, 0.25) is 0 Å². The molecule has 2 aliphatic rings.